The molecule has 1 saturated heterocycles. The Morgan fingerprint density at radius 3 is 2.11 bits per heavy atom. The molecule has 1 aliphatic heterocycles. The Balaban J connectivity index is 0.000000357. The first-order valence-corrected chi connectivity index (χ1v) is 6.16. The maximum atomic E-state index is 9.19. The van der Waals surface area contributed by atoms with Crippen molar-refractivity contribution >= 4 is 5.97 Å². The van der Waals surface area contributed by atoms with Crippen molar-refractivity contribution in [3.8, 4) is 5.75 Å². The molecule has 0 saturated carbocycles. The first kappa shape index (κ1) is 14.5. The monoisotopic (exact) mass is 251 g/mol. The van der Waals surface area contributed by atoms with E-state index in [1.807, 2.05) is 12.1 Å². The molecule has 1 aromatic rings. The van der Waals surface area contributed by atoms with Gasteiger partial charge in [-0.2, -0.15) is 0 Å². The van der Waals surface area contributed by atoms with E-state index >= 15 is 0 Å². The van der Waals surface area contributed by atoms with Gasteiger partial charge in [-0.3, -0.25) is 4.79 Å². The predicted octanol–water partition coefficient (Wildman–Crippen LogP) is 2.29. The summed E-state index contributed by atoms with van der Waals surface area (Å²) >= 11 is 0. The third kappa shape index (κ3) is 5.19. The van der Waals surface area contributed by atoms with Crippen molar-refractivity contribution < 1.29 is 15.0 Å². The van der Waals surface area contributed by atoms with Crippen molar-refractivity contribution in [2.75, 3.05) is 20.1 Å². The summed E-state index contributed by atoms with van der Waals surface area (Å²) in [6.07, 6.45) is 2.47. The summed E-state index contributed by atoms with van der Waals surface area (Å²) in [6, 6.07) is 7.66. The zero-order valence-corrected chi connectivity index (χ0v) is 11.0. The van der Waals surface area contributed by atoms with Crippen LogP contribution in [0.15, 0.2) is 24.3 Å². The molecule has 2 rings (SSSR count). The average molecular weight is 251 g/mol. The number of carbonyl (C=O) groups is 1. The standard InChI is InChI=1S/C12H17NO.C2H4O2/c1-13-8-6-11(7-9-13)10-2-4-12(14)5-3-10;1-2(3)4/h2-5,11,14H,6-9H2,1H3;1H3,(H,3,4). The maximum Gasteiger partial charge on any atom is 0.300 e. The van der Waals surface area contributed by atoms with Gasteiger partial charge in [-0.25, -0.2) is 0 Å². The van der Waals surface area contributed by atoms with E-state index in [2.05, 4.69) is 11.9 Å². The zero-order valence-electron chi connectivity index (χ0n) is 11.0. The van der Waals surface area contributed by atoms with Gasteiger partial charge in [0, 0.05) is 6.92 Å². The molecule has 0 amide bonds. The van der Waals surface area contributed by atoms with Crippen molar-refractivity contribution in [2.45, 2.75) is 25.7 Å². The molecule has 0 radical (unpaired) electrons. The fraction of sp³-hybridized carbons (Fsp3) is 0.500. The predicted molar refractivity (Wildman–Crippen MR) is 70.9 cm³/mol. The quantitative estimate of drug-likeness (QED) is 0.804. The number of carboxylic acid groups (broad SMARTS) is 1. The summed E-state index contributed by atoms with van der Waals surface area (Å²) in [4.78, 5) is 11.4. The third-order valence-electron chi connectivity index (χ3n) is 3.08. The minimum Gasteiger partial charge on any atom is -0.508 e. The Bertz CT molecular complexity index is 363. The molecule has 2 N–H and O–H groups in total. The van der Waals surface area contributed by atoms with Crippen molar-refractivity contribution in [2.24, 2.45) is 0 Å². The Hall–Kier alpha value is -1.55. The molecule has 4 heteroatoms. The molecule has 1 aromatic carbocycles. The molecule has 4 nitrogen and oxygen atoms in total. The molecule has 0 aliphatic carbocycles. The number of carboxylic acids is 1. The molecule has 0 aromatic heterocycles. The first-order chi connectivity index (χ1) is 8.49. The minimum absolute atomic E-state index is 0.363. The second-order valence-electron chi connectivity index (χ2n) is 4.69. The molecule has 0 unspecified atom stereocenters. The van der Waals surface area contributed by atoms with E-state index in [0.29, 0.717) is 11.7 Å². The number of hydrogen-bond donors (Lipinski definition) is 2. The summed E-state index contributed by atoms with van der Waals surface area (Å²) in [6.45, 7) is 3.46. The second kappa shape index (κ2) is 7.01. The third-order valence-corrected chi connectivity index (χ3v) is 3.08. The van der Waals surface area contributed by atoms with Crippen LogP contribution in [0.5, 0.6) is 5.75 Å². The molecule has 0 bridgehead atoms. The van der Waals surface area contributed by atoms with E-state index in [1.54, 1.807) is 12.1 Å². The van der Waals surface area contributed by atoms with Crippen LogP contribution in [0.1, 0.15) is 31.2 Å². The van der Waals surface area contributed by atoms with Gasteiger partial charge in [-0.1, -0.05) is 12.1 Å². The molecule has 1 aliphatic rings. The highest BCUT2D eigenvalue weighted by Gasteiger charge is 2.17. The van der Waals surface area contributed by atoms with Crippen LogP contribution in [0.25, 0.3) is 0 Å². The van der Waals surface area contributed by atoms with E-state index in [9.17, 15) is 5.11 Å². The first-order valence-electron chi connectivity index (χ1n) is 6.16. The van der Waals surface area contributed by atoms with Gasteiger partial charge in [0.2, 0.25) is 0 Å². The molecular weight excluding hydrogens is 230 g/mol. The normalized spacial score (nSPS) is 16.8. The van der Waals surface area contributed by atoms with E-state index < -0.39 is 5.97 Å². The number of benzene rings is 1. The van der Waals surface area contributed by atoms with Crippen LogP contribution in [0.2, 0.25) is 0 Å². The van der Waals surface area contributed by atoms with E-state index in [0.717, 1.165) is 6.92 Å². The van der Waals surface area contributed by atoms with Crippen LogP contribution in [-0.4, -0.2) is 41.2 Å². The number of likely N-dealkylation sites (tertiary alicyclic amines) is 1. The Morgan fingerprint density at radius 1 is 1.22 bits per heavy atom. The van der Waals surface area contributed by atoms with Crippen LogP contribution < -0.4 is 0 Å². The van der Waals surface area contributed by atoms with Gasteiger partial charge in [0.25, 0.3) is 5.97 Å². The van der Waals surface area contributed by atoms with Crippen LogP contribution >= 0.6 is 0 Å². The van der Waals surface area contributed by atoms with Gasteiger partial charge < -0.3 is 15.1 Å². The van der Waals surface area contributed by atoms with Gasteiger partial charge in [-0.05, 0) is 56.6 Å². The number of aromatic hydroxyl groups is 1. The summed E-state index contributed by atoms with van der Waals surface area (Å²) < 4.78 is 0. The summed E-state index contributed by atoms with van der Waals surface area (Å²) in [5.74, 6) is 0.216. The fourth-order valence-electron chi connectivity index (χ4n) is 2.09. The number of aliphatic carboxylic acids is 1. The Kier molecular flexibility index (Phi) is 5.65. The number of piperidine rings is 1. The van der Waals surface area contributed by atoms with Crippen LogP contribution in [0.4, 0.5) is 0 Å². The molecule has 1 fully saturated rings. The number of rotatable bonds is 1. The molecular formula is C14H21NO3. The summed E-state index contributed by atoms with van der Waals surface area (Å²) in [7, 11) is 2.17. The highest BCUT2D eigenvalue weighted by atomic mass is 16.4. The number of phenols is 1. The van der Waals surface area contributed by atoms with Gasteiger partial charge in [0.05, 0.1) is 0 Å². The summed E-state index contributed by atoms with van der Waals surface area (Å²) in [5.41, 5.74) is 1.37. The average Bonchev–Trinajstić information content (AvgIpc) is 2.31. The lowest BCUT2D eigenvalue weighted by atomic mass is 9.90. The number of phenolic OH excluding ortho intramolecular Hbond substituents is 1. The lowest BCUT2D eigenvalue weighted by Gasteiger charge is -2.29. The van der Waals surface area contributed by atoms with Gasteiger partial charge in [0.1, 0.15) is 5.75 Å². The van der Waals surface area contributed by atoms with E-state index in [-0.39, 0.29) is 0 Å². The fourth-order valence-corrected chi connectivity index (χ4v) is 2.09. The smallest absolute Gasteiger partial charge is 0.300 e. The van der Waals surface area contributed by atoms with Gasteiger partial charge in [-0.15, -0.1) is 0 Å². The van der Waals surface area contributed by atoms with Crippen molar-refractivity contribution in [1.29, 1.82) is 0 Å². The Labute approximate surface area is 108 Å². The molecule has 100 valence electrons. The Morgan fingerprint density at radius 2 is 1.67 bits per heavy atom. The molecule has 1 heterocycles. The van der Waals surface area contributed by atoms with Crippen LogP contribution in [0, 0.1) is 0 Å². The van der Waals surface area contributed by atoms with Crippen molar-refractivity contribution in [3.05, 3.63) is 29.8 Å². The number of nitrogens with zero attached hydrogens (tertiary/aromatic N) is 1. The maximum absolute atomic E-state index is 9.19. The van der Waals surface area contributed by atoms with Crippen molar-refractivity contribution in [3.63, 3.8) is 0 Å². The zero-order chi connectivity index (χ0) is 13.5. The van der Waals surface area contributed by atoms with Crippen molar-refractivity contribution in [1.82, 2.24) is 4.90 Å². The molecule has 0 atom stereocenters. The number of hydrogen-bond acceptors (Lipinski definition) is 3. The van der Waals surface area contributed by atoms with E-state index in [1.165, 1.54) is 31.5 Å². The SMILES string of the molecule is CC(=O)O.CN1CCC(c2ccc(O)cc2)CC1. The lowest BCUT2D eigenvalue weighted by Crippen LogP contribution is -2.29. The lowest BCUT2D eigenvalue weighted by molar-refractivity contribution is -0.134. The van der Waals surface area contributed by atoms with Crippen LogP contribution in [-0.2, 0) is 4.79 Å². The van der Waals surface area contributed by atoms with Gasteiger partial charge in [0.15, 0.2) is 0 Å². The van der Waals surface area contributed by atoms with Gasteiger partial charge >= 0.3 is 0 Å². The highest BCUT2D eigenvalue weighted by Crippen LogP contribution is 2.28. The minimum atomic E-state index is -0.833. The van der Waals surface area contributed by atoms with Crippen LogP contribution in [0.3, 0.4) is 0 Å². The largest absolute Gasteiger partial charge is 0.508 e. The molecule has 18 heavy (non-hydrogen) atoms. The second-order valence-corrected chi connectivity index (χ2v) is 4.69. The van der Waals surface area contributed by atoms with E-state index in [4.69, 9.17) is 9.90 Å². The topological polar surface area (TPSA) is 60.8 Å². The molecule has 0 spiro atoms. The highest BCUT2D eigenvalue weighted by molar-refractivity contribution is 5.62. The summed E-state index contributed by atoms with van der Waals surface area (Å²) in [5, 5.41) is 16.6.